The first kappa shape index (κ1) is 13.5. The highest BCUT2D eigenvalue weighted by Gasteiger charge is 2.44. The number of hydrogen-bond donors (Lipinski definition) is 2. The second-order valence-electron chi connectivity index (χ2n) is 5.39. The number of methoxy groups -OCH3 is 1. The zero-order chi connectivity index (χ0) is 15.3. The molecule has 0 radical (unpaired) electrons. The normalized spacial score (nSPS) is 21.5. The Balaban J connectivity index is 2.02. The van der Waals surface area contributed by atoms with E-state index in [2.05, 4.69) is 32.3 Å². The zero-order valence-electron chi connectivity index (χ0n) is 11.9. The molecule has 0 saturated carbocycles. The minimum atomic E-state index is -0.404. The van der Waals surface area contributed by atoms with Crippen molar-refractivity contribution < 1.29 is 9.47 Å². The van der Waals surface area contributed by atoms with Gasteiger partial charge in [-0.2, -0.15) is 0 Å². The number of benzene rings is 1. The topological polar surface area (TPSA) is 69.4 Å². The molecule has 112 valence electrons. The highest BCUT2D eigenvalue weighted by molar-refractivity contribution is 9.10. The molecule has 2 aliphatic heterocycles. The van der Waals surface area contributed by atoms with Crippen LogP contribution in [0.5, 0.6) is 17.4 Å². The second kappa shape index (κ2) is 4.64. The fourth-order valence-electron chi connectivity index (χ4n) is 3.09. The average Bonchev–Trinajstić information content (AvgIpc) is 2.91. The molecule has 4 rings (SSSR count). The van der Waals surface area contributed by atoms with Crippen molar-refractivity contribution in [3.05, 3.63) is 58.0 Å². The molecule has 0 amide bonds. The number of fused-ring (bicyclic) bond motifs is 4. The number of nitrogens with one attached hydrogen (secondary N) is 1. The third kappa shape index (κ3) is 1.80. The van der Waals surface area contributed by atoms with Crippen LogP contribution in [0.3, 0.4) is 0 Å². The van der Waals surface area contributed by atoms with Crippen LogP contribution in [-0.2, 0) is 5.41 Å². The van der Waals surface area contributed by atoms with Crippen LogP contribution in [0.2, 0.25) is 0 Å². The maximum atomic E-state index is 6.01. The van der Waals surface area contributed by atoms with Gasteiger partial charge in [-0.1, -0.05) is 15.9 Å². The van der Waals surface area contributed by atoms with E-state index in [1.807, 2.05) is 24.3 Å². The molecule has 22 heavy (non-hydrogen) atoms. The van der Waals surface area contributed by atoms with E-state index >= 15 is 0 Å². The molecular formula is C16H14BrN3O2. The third-order valence-corrected chi connectivity index (χ3v) is 4.64. The van der Waals surface area contributed by atoms with Gasteiger partial charge in [0.05, 0.1) is 24.5 Å². The highest BCUT2D eigenvalue weighted by atomic mass is 79.9. The van der Waals surface area contributed by atoms with Crippen molar-refractivity contribution in [1.29, 1.82) is 0 Å². The van der Waals surface area contributed by atoms with Crippen LogP contribution in [0.15, 0.2) is 46.8 Å². The van der Waals surface area contributed by atoms with Crippen molar-refractivity contribution in [3.63, 3.8) is 0 Å². The Bertz CT molecular complexity index is 806. The number of nitrogens with two attached hydrogens (primary N) is 1. The number of halogens is 1. The summed E-state index contributed by atoms with van der Waals surface area (Å²) < 4.78 is 12.3. The summed E-state index contributed by atoms with van der Waals surface area (Å²) in [4.78, 5) is 4.40. The summed E-state index contributed by atoms with van der Waals surface area (Å²) in [7, 11) is 1.63. The zero-order valence-corrected chi connectivity index (χ0v) is 13.5. The summed E-state index contributed by atoms with van der Waals surface area (Å²) in [5.74, 6) is 2.73. The molecule has 1 aromatic carbocycles. The summed E-state index contributed by atoms with van der Waals surface area (Å²) in [5.41, 5.74) is 7.61. The van der Waals surface area contributed by atoms with E-state index in [0.29, 0.717) is 24.0 Å². The molecule has 0 fully saturated rings. The van der Waals surface area contributed by atoms with Gasteiger partial charge in [-0.3, -0.25) is 0 Å². The molecular weight excluding hydrogens is 346 g/mol. The quantitative estimate of drug-likeness (QED) is 0.818. The van der Waals surface area contributed by atoms with Crippen LogP contribution in [0.4, 0.5) is 0 Å². The van der Waals surface area contributed by atoms with Gasteiger partial charge in [0.25, 0.3) is 0 Å². The van der Waals surface area contributed by atoms with Crippen molar-refractivity contribution in [2.24, 2.45) is 5.73 Å². The number of pyridine rings is 1. The fourth-order valence-corrected chi connectivity index (χ4v) is 3.45. The van der Waals surface area contributed by atoms with Gasteiger partial charge in [0, 0.05) is 22.1 Å². The molecule has 0 bridgehead atoms. The molecule has 2 aliphatic rings. The lowest BCUT2D eigenvalue weighted by atomic mass is 9.74. The predicted octanol–water partition coefficient (Wildman–Crippen LogP) is 2.65. The molecule has 2 aromatic rings. The Morgan fingerprint density at radius 2 is 2.23 bits per heavy atom. The van der Waals surface area contributed by atoms with E-state index in [9.17, 15) is 0 Å². The first-order chi connectivity index (χ1) is 10.6. The Hall–Kier alpha value is -2.21. The number of ether oxygens (including phenoxy) is 2. The Morgan fingerprint density at radius 1 is 1.36 bits per heavy atom. The van der Waals surface area contributed by atoms with Gasteiger partial charge in [-0.05, 0) is 30.3 Å². The minimum Gasteiger partial charge on any atom is -0.495 e. The molecule has 1 unspecified atom stereocenters. The van der Waals surface area contributed by atoms with Crippen LogP contribution in [-0.4, -0.2) is 18.6 Å². The first-order valence-corrected chi connectivity index (χ1v) is 7.66. The fraction of sp³-hybridized carbons (Fsp3) is 0.188. The van der Waals surface area contributed by atoms with Crippen LogP contribution < -0.4 is 20.5 Å². The summed E-state index contributed by atoms with van der Waals surface area (Å²) >= 11 is 3.54. The molecule has 1 spiro atoms. The Labute approximate surface area is 136 Å². The molecule has 1 aromatic heterocycles. The maximum Gasteiger partial charge on any atom is 0.223 e. The molecule has 3 N–H and O–H groups in total. The van der Waals surface area contributed by atoms with E-state index in [0.717, 1.165) is 21.3 Å². The molecule has 3 heterocycles. The van der Waals surface area contributed by atoms with Gasteiger partial charge in [0.1, 0.15) is 11.5 Å². The number of aromatic nitrogens is 1. The van der Waals surface area contributed by atoms with E-state index in [1.165, 1.54) is 0 Å². The minimum absolute atomic E-state index is 0.404. The number of nitrogens with zero attached hydrogens (tertiary/aromatic N) is 1. The first-order valence-electron chi connectivity index (χ1n) is 6.87. The predicted molar refractivity (Wildman–Crippen MR) is 86.1 cm³/mol. The lowest BCUT2D eigenvalue weighted by Gasteiger charge is -2.34. The van der Waals surface area contributed by atoms with Gasteiger partial charge in [-0.25, -0.2) is 4.98 Å². The largest absolute Gasteiger partial charge is 0.495 e. The SMILES string of the molecule is COc1cnc2c(c1)C1(C=C(N)NC1)c1cc(Br)ccc1O2. The maximum absolute atomic E-state index is 6.01. The van der Waals surface area contributed by atoms with Crippen molar-refractivity contribution in [3.8, 4) is 17.4 Å². The van der Waals surface area contributed by atoms with Gasteiger partial charge >= 0.3 is 0 Å². The number of hydrogen-bond acceptors (Lipinski definition) is 5. The highest BCUT2D eigenvalue weighted by Crippen LogP contribution is 2.50. The third-order valence-electron chi connectivity index (χ3n) is 4.14. The average molecular weight is 360 g/mol. The van der Waals surface area contributed by atoms with E-state index < -0.39 is 5.41 Å². The van der Waals surface area contributed by atoms with Crippen LogP contribution in [0.25, 0.3) is 0 Å². The van der Waals surface area contributed by atoms with Gasteiger partial charge < -0.3 is 20.5 Å². The molecule has 1 atom stereocenters. The Morgan fingerprint density at radius 3 is 2.95 bits per heavy atom. The molecule has 0 aliphatic carbocycles. The van der Waals surface area contributed by atoms with Gasteiger partial charge in [0.2, 0.25) is 5.88 Å². The molecule has 0 saturated heterocycles. The van der Waals surface area contributed by atoms with Crippen molar-refractivity contribution in [2.45, 2.75) is 5.41 Å². The summed E-state index contributed by atoms with van der Waals surface area (Å²) in [5, 5.41) is 3.22. The van der Waals surface area contributed by atoms with E-state index in [4.69, 9.17) is 15.2 Å². The van der Waals surface area contributed by atoms with Crippen LogP contribution in [0, 0.1) is 0 Å². The van der Waals surface area contributed by atoms with Crippen molar-refractivity contribution in [1.82, 2.24) is 10.3 Å². The summed E-state index contributed by atoms with van der Waals surface area (Å²) in [6.07, 6.45) is 3.69. The van der Waals surface area contributed by atoms with Crippen molar-refractivity contribution >= 4 is 15.9 Å². The smallest absolute Gasteiger partial charge is 0.223 e. The lowest BCUT2D eigenvalue weighted by molar-refractivity contribution is 0.388. The van der Waals surface area contributed by atoms with Crippen LogP contribution >= 0.6 is 15.9 Å². The van der Waals surface area contributed by atoms with E-state index in [-0.39, 0.29) is 0 Å². The number of rotatable bonds is 1. The molecule has 5 nitrogen and oxygen atoms in total. The lowest BCUT2D eigenvalue weighted by Crippen LogP contribution is -2.34. The summed E-state index contributed by atoms with van der Waals surface area (Å²) in [6, 6.07) is 7.92. The molecule has 6 heteroatoms. The monoisotopic (exact) mass is 359 g/mol. The van der Waals surface area contributed by atoms with Crippen molar-refractivity contribution in [2.75, 3.05) is 13.7 Å². The van der Waals surface area contributed by atoms with Gasteiger partial charge in [0.15, 0.2) is 0 Å². The van der Waals surface area contributed by atoms with Gasteiger partial charge in [-0.15, -0.1) is 0 Å². The Kier molecular flexibility index (Phi) is 2.84. The standard InChI is InChI=1S/C16H14BrN3O2/c1-21-10-5-12-15(19-7-10)22-13-3-2-9(17)4-11(13)16(12)6-14(18)20-8-16/h2-7,20H,8,18H2,1H3. The van der Waals surface area contributed by atoms with Crippen LogP contribution in [0.1, 0.15) is 11.1 Å². The summed E-state index contributed by atoms with van der Waals surface area (Å²) in [6.45, 7) is 0.660. The van der Waals surface area contributed by atoms with E-state index in [1.54, 1.807) is 13.3 Å². The second-order valence-corrected chi connectivity index (χ2v) is 6.31.